The summed E-state index contributed by atoms with van der Waals surface area (Å²) in [4.78, 5) is 25.1. The summed E-state index contributed by atoms with van der Waals surface area (Å²) in [7, 11) is 1.45. The van der Waals surface area contributed by atoms with Crippen molar-refractivity contribution in [3.05, 3.63) is 24.0 Å². The van der Waals surface area contributed by atoms with Gasteiger partial charge in [-0.05, 0) is 30.7 Å². The van der Waals surface area contributed by atoms with Crippen LogP contribution in [0.4, 0.5) is 28.8 Å². The van der Waals surface area contributed by atoms with Gasteiger partial charge in [-0.15, -0.1) is 4.37 Å². The lowest BCUT2D eigenvalue weighted by Crippen LogP contribution is -2.34. The number of aromatic amines is 1. The molecule has 4 heterocycles. The number of hydrogen-bond donors (Lipinski definition) is 3. The van der Waals surface area contributed by atoms with Gasteiger partial charge in [-0.1, -0.05) is 0 Å². The van der Waals surface area contributed by atoms with Crippen molar-refractivity contribution in [2.75, 3.05) is 30.8 Å². The van der Waals surface area contributed by atoms with Gasteiger partial charge in [-0.3, -0.25) is 5.32 Å². The molecule has 1 aliphatic carbocycles. The van der Waals surface area contributed by atoms with E-state index in [0.717, 1.165) is 17.7 Å². The van der Waals surface area contributed by atoms with Crippen molar-refractivity contribution in [2.24, 2.45) is 11.8 Å². The standard InChI is InChI=1S/C19H20F3N7O2S/c1-31-16-26-17(32-28-16)27-18(30)29-7-9-4-11(5-10(9)8-29)25-14-12-2-3-23-15(12)24-6-13(14)19(20,21)22/h2-3,6,9-11H,4-5,7-8H2,1H3,(H2,23,24,25)(H,26,27,28,30)/t9-,10+,11-. The number of rotatable bonds is 4. The molecule has 3 aromatic rings. The number of amides is 2. The molecular weight excluding hydrogens is 447 g/mol. The maximum atomic E-state index is 13.6. The lowest BCUT2D eigenvalue weighted by molar-refractivity contribution is -0.137. The Morgan fingerprint density at radius 3 is 2.72 bits per heavy atom. The molecule has 13 heteroatoms. The van der Waals surface area contributed by atoms with Crippen LogP contribution in [-0.4, -0.2) is 56.5 Å². The summed E-state index contributed by atoms with van der Waals surface area (Å²) in [6.45, 7) is 1.10. The molecule has 2 fully saturated rings. The second-order valence-corrected chi connectivity index (χ2v) is 8.79. The zero-order valence-corrected chi connectivity index (χ0v) is 17.8. The van der Waals surface area contributed by atoms with Crippen molar-refractivity contribution in [3.63, 3.8) is 0 Å². The van der Waals surface area contributed by atoms with Gasteiger partial charge in [0.25, 0.3) is 0 Å². The fraction of sp³-hybridized carbons (Fsp3) is 0.474. The number of nitrogens with one attached hydrogen (secondary N) is 3. The van der Waals surface area contributed by atoms with Crippen LogP contribution >= 0.6 is 11.5 Å². The first-order valence-corrected chi connectivity index (χ1v) is 10.8. The van der Waals surface area contributed by atoms with E-state index < -0.39 is 11.7 Å². The SMILES string of the molecule is COc1nsc(NC(=O)N2C[C@H]3C[C@@H](Nc4c(C(F)(F)F)cnc5[nH]ccc45)C[C@H]3C2)n1. The minimum absolute atomic E-state index is 0.0635. The van der Waals surface area contributed by atoms with Gasteiger partial charge in [-0.25, -0.2) is 9.78 Å². The van der Waals surface area contributed by atoms with E-state index in [1.165, 1.54) is 7.11 Å². The fourth-order valence-electron chi connectivity index (χ4n) is 4.68. The summed E-state index contributed by atoms with van der Waals surface area (Å²) >= 11 is 1.03. The highest BCUT2D eigenvalue weighted by Gasteiger charge is 2.43. The Morgan fingerprint density at radius 2 is 2.06 bits per heavy atom. The molecule has 32 heavy (non-hydrogen) atoms. The number of methoxy groups -OCH3 is 1. The summed E-state index contributed by atoms with van der Waals surface area (Å²) in [5.74, 6) is 0.445. The number of anilines is 2. The van der Waals surface area contributed by atoms with Crippen molar-refractivity contribution in [2.45, 2.75) is 25.1 Å². The summed E-state index contributed by atoms with van der Waals surface area (Å²) in [5.41, 5.74) is -0.293. The molecule has 1 saturated carbocycles. The van der Waals surface area contributed by atoms with Crippen molar-refractivity contribution in [3.8, 4) is 6.01 Å². The predicted molar refractivity (Wildman–Crippen MR) is 112 cm³/mol. The van der Waals surface area contributed by atoms with Crippen molar-refractivity contribution >= 4 is 39.4 Å². The molecule has 0 unspecified atom stereocenters. The molecule has 3 atom stereocenters. The van der Waals surface area contributed by atoms with Crippen molar-refractivity contribution in [1.29, 1.82) is 0 Å². The van der Waals surface area contributed by atoms with Gasteiger partial charge in [-0.2, -0.15) is 18.2 Å². The average molecular weight is 467 g/mol. The Balaban J connectivity index is 1.25. The first kappa shape index (κ1) is 20.8. The van der Waals surface area contributed by atoms with E-state index in [1.807, 2.05) is 0 Å². The predicted octanol–water partition coefficient (Wildman–Crippen LogP) is 3.80. The maximum absolute atomic E-state index is 13.6. The zero-order valence-electron chi connectivity index (χ0n) is 16.9. The summed E-state index contributed by atoms with van der Waals surface area (Å²) in [6, 6.07) is 1.43. The van der Waals surface area contributed by atoms with Crippen LogP contribution in [0.3, 0.4) is 0 Å². The quantitative estimate of drug-likeness (QED) is 0.539. The van der Waals surface area contributed by atoms with Gasteiger partial charge in [0, 0.05) is 48.4 Å². The molecule has 3 N–H and O–H groups in total. The molecule has 2 aliphatic rings. The lowest BCUT2D eigenvalue weighted by atomic mass is 10.0. The van der Waals surface area contributed by atoms with E-state index in [1.54, 1.807) is 17.2 Å². The summed E-state index contributed by atoms with van der Waals surface area (Å²) in [6.07, 6.45) is -0.682. The number of alkyl halides is 3. The number of urea groups is 1. The first-order valence-electron chi connectivity index (χ1n) is 10.0. The summed E-state index contributed by atoms with van der Waals surface area (Å²) in [5, 5.41) is 6.64. The van der Waals surface area contributed by atoms with E-state index in [-0.39, 0.29) is 35.6 Å². The largest absolute Gasteiger partial charge is 0.466 e. The van der Waals surface area contributed by atoms with Crippen molar-refractivity contribution in [1.82, 2.24) is 24.2 Å². The Bertz CT molecular complexity index is 1130. The highest BCUT2D eigenvalue weighted by atomic mass is 32.1. The fourth-order valence-corrected chi connectivity index (χ4v) is 5.21. The molecule has 170 valence electrons. The number of pyridine rings is 1. The van der Waals surface area contributed by atoms with Crippen LogP contribution in [0.5, 0.6) is 6.01 Å². The molecule has 9 nitrogen and oxygen atoms in total. The van der Waals surface area contributed by atoms with Gasteiger partial charge in [0.15, 0.2) is 0 Å². The Labute approximate surface area is 184 Å². The molecule has 0 spiro atoms. The number of ether oxygens (including phenoxy) is 1. The van der Waals surface area contributed by atoms with Gasteiger partial charge in [0.1, 0.15) is 5.65 Å². The molecular formula is C19H20F3N7O2S. The van der Waals surface area contributed by atoms with E-state index in [4.69, 9.17) is 4.74 Å². The number of hydrogen-bond acceptors (Lipinski definition) is 7. The average Bonchev–Trinajstić information content (AvgIpc) is 3.50. The minimum atomic E-state index is -4.50. The lowest BCUT2D eigenvalue weighted by Gasteiger charge is -2.22. The Morgan fingerprint density at radius 1 is 1.31 bits per heavy atom. The van der Waals surface area contributed by atoms with E-state index in [0.29, 0.717) is 42.1 Å². The number of carbonyl (C=O) groups excluding carboxylic acids is 1. The topological polar surface area (TPSA) is 108 Å². The third kappa shape index (κ3) is 3.80. The van der Waals surface area contributed by atoms with Crippen LogP contribution < -0.4 is 15.4 Å². The van der Waals surface area contributed by atoms with E-state index >= 15 is 0 Å². The molecule has 1 saturated heterocycles. The van der Waals surface area contributed by atoms with Crippen LogP contribution in [0.15, 0.2) is 18.5 Å². The molecule has 3 aromatic heterocycles. The van der Waals surface area contributed by atoms with E-state index in [2.05, 4.69) is 30.0 Å². The first-order chi connectivity index (χ1) is 15.3. The third-order valence-corrected chi connectivity index (χ3v) is 6.70. The maximum Gasteiger partial charge on any atom is 0.419 e. The van der Waals surface area contributed by atoms with Crippen LogP contribution in [0.25, 0.3) is 11.0 Å². The number of likely N-dealkylation sites (tertiary alicyclic amines) is 1. The highest BCUT2D eigenvalue weighted by Crippen LogP contribution is 2.43. The minimum Gasteiger partial charge on any atom is -0.466 e. The van der Waals surface area contributed by atoms with Crippen molar-refractivity contribution < 1.29 is 22.7 Å². The monoisotopic (exact) mass is 467 g/mol. The normalized spacial score (nSPS) is 22.9. The number of nitrogens with zero attached hydrogens (tertiary/aromatic N) is 4. The van der Waals surface area contributed by atoms with Gasteiger partial charge in [0.05, 0.1) is 18.4 Å². The molecule has 0 radical (unpaired) electrons. The highest BCUT2D eigenvalue weighted by molar-refractivity contribution is 7.10. The van der Waals surface area contributed by atoms with Crippen LogP contribution in [0, 0.1) is 11.8 Å². The Kier molecular flexibility index (Phi) is 5.07. The molecule has 5 rings (SSSR count). The van der Waals surface area contributed by atoms with Gasteiger partial charge < -0.3 is 19.9 Å². The Hall–Kier alpha value is -3.09. The number of carbonyl (C=O) groups is 1. The van der Waals surface area contributed by atoms with Gasteiger partial charge in [0.2, 0.25) is 5.13 Å². The molecule has 0 bridgehead atoms. The zero-order chi connectivity index (χ0) is 22.5. The molecule has 0 aromatic carbocycles. The molecule has 1 aliphatic heterocycles. The van der Waals surface area contributed by atoms with Gasteiger partial charge >= 0.3 is 18.2 Å². The number of fused-ring (bicyclic) bond motifs is 2. The summed E-state index contributed by atoms with van der Waals surface area (Å²) < 4.78 is 49.6. The number of H-pyrrole nitrogens is 1. The molecule has 2 amide bonds. The van der Waals surface area contributed by atoms with Crippen LogP contribution in [0.1, 0.15) is 18.4 Å². The number of halogens is 3. The number of aromatic nitrogens is 4. The smallest absolute Gasteiger partial charge is 0.419 e. The van der Waals surface area contributed by atoms with Crippen LogP contribution in [0.2, 0.25) is 0 Å². The van der Waals surface area contributed by atoms with E-state index in [9.17, 15) is 18.0 Å². The van der Waals surface area contributed by atoms with Crippen LogP contribution in [-0.2, 0) is 6.18 Å². The second-order valence-electron chi connectivity index (χ2n) is 8.04. The second kappa shape index (κ2) is 7.80. The third-order valence-electron chi connectivity index (χ3n) is 6.08.